The van der Waals surface area contributed by atoms with Crippen molar-refractivity contribution in [2.75, 3.05) is 0 Å². The van der Waals surface area contributed by atoms with Gasteiger partial charge in [-0.3, -0.25) is 0 Å². The van der Waals surface area contributed by atoms with Crippen molar-refractivity contribution in [3.8, 4) is 42.5 Å². The van der Waals surface area contributed by atoms with Crippen LogP contribution in [0.15, 0.2) is 69.5 Å². The van der Waals surface area contributed by atoms with Gasteiger partial charge in [0.15, 0.2) is 0 Å². The first-order valence-electron chi connectivity index (χ1n) is 9.72. The van der Waals surface area contributed by atoms with E-state index >= 15 is 0 Å². The molecule has 2 nitrogen and oxygen atoms in total. The second-order valence-electron chi connectivity index (χ2n) is 6.73. The predicted octanol–water partition coefficient (Wildman–Crippen LogP) is 8.85. The lowest BCUT2D eigenvalue weighted by atomic mass is 10.3. The summed E-state index contributed by atoms with van der Waals surface area (Å²) in [6.07, 6.45) is 2.12. The Balaban J connectivity index is 1.38. The minimum absolute atomic E-state index is 0.903. The van der Waals surface area contributed by atoms with Crippen LogP contribution in [0.4, 0.5) is 0 Å². The van der Waals surface area contributed by atoms with E-state index in [0.29, 0.717) is 0 Å². The van der Waals surface area contributed by atoms with Crippen molar-refractivity contribution in [3.05, 3.63) is 70.4 Å². The standard InChI is InChI=1S/C24H20O2S3/c1-3-15-5-11-21(27-15)17-7-9-19(25-17)23-13-14-24(29-23)20-10-8-18(26-20)22-12-6-16(4-2)28-22/h5-14H,3-4H2,1-2H3. The zero-order valence-electron chi connectivity index (χ0n) is 16.2. The lowest BCUT2D eigenvalue weighted by Gasteiger charge is -1.94. The van der Waals surface area contributed by atoms with Gasteiger partial charge in [0.1, 0.15) is 23.0 Å². The topological polar surface area (TPSA) is 26.3 Å². The van der Waals surface area contributed by atoms with Gasteiger partial charge in [0, 0.05) is 9.75 Å². The van der Waals surface area contributed by atoms with Gasteiger partial charge in [0.25, 0.3) is 0 Å². The van der Waals surface area contributed by atoms with E-state index < -0.39 is 0 Å². The summed E-state index contributed by atoms with van der Waals surface area (Å²) < 4.78 is 12.3. The molecule has 0 radical (unpaired) electrons. The average Bonchev–Trinajstić information content (AvgIpc) is 3.54. The molecule has 0 aliphatic heterocycles. The van der Waals surface area contributed by atoms with Crippen molar-refractivity contribution < 1.29 is 8.83 Å². The Labute approximate surface area is 182 Å². The van der Waals surface area contributed by atoms with Gasteiger partial charge in [0.05, 0.1) is 19.5 Å². The highest BCUT2D eigenvalue weighted by atomic mass is 32.1. The van der Waals surface area contributed by atoms with Gasteiger partial charge >= 0.3 is 0 Å². The molecular formula is C24H20O2S3. The number of thiophene rings is 3. The number of hydrogen-bond acceptors (Lipinski definition) is 5. The van der Waals surface area contributed by atoms with E-state index in [-0.39, 0.29) is 0 Å². The van der Waals surface area contributed by atoms with Gasteiger partial charge < -0.3 is 8.83 Å². The van der Waals surface area contributed by atoms with Crippen molar-refractivity contribution >= 4 is 34.0 Å². The average molecular weight is 437 g/mol. The molecule has 5 aromatic rings. The minimum atomic E-state index is 0.903. The molecule has 0 amide bonds. The van der Waals surface area contributed by atoms with Crippen molar-refractivity contribution in [2.45, 2.75) is 26.7 Å². The highest BCUT2D eigenvalue weighted by molar-refractivity contribution is 7.18. The molecule has 0 saturated carbocycles. The summed E-state index contributed by atoms with van der Waals surface area (Å²) in [7, 11) is 0. The molecule has 5 heteroatoms. The van der Waals surface area contributed by atoms with Crippen LogP contribution in [-0.2, 0) is 12.8 Å². The van der Waals surface area contributed by atoms with E-state index in [9.17, 15) is 0 Å². The zero-order valence-corrected chi connectivity index (χ0v) is 18.7. The summed E-state index contributed by atoms with van der Waals surface area (Å²) in [6.45, 7) is 4.36. The van der Waals surface area contributed by atoms with Crippen LogP contribution in [-0.4, -0.2) is 0 Å². The molecule has 0 aliphatic rings. The molecule has 0 unspecified atom stereocenters. The molecule has 0 bridgehead atoms. The molecule has 0 atom stereocenters. The quantitative estimate of drug-likeness (QED) is 0.266. The Morgan fingerprint density at radius 2 is 0.828 bits per heavy atom. The largest absolute Gasteiger partial charge is 0.454 e. The van der Waals surface area contributed by atoms with Crippen LogP contribution >= 0.6 is 34.0 Å². The molecule has 29 heavy (non-hydrogen) atoms. The highest BCUT2D eigenvalue weighted by Crippen LogP contribution is 2.40. The minimum Gasteiger partial charge on any atom is -0.454 e. The second kappa shape index (κ2) is 7.82. The van der Waals surface area contributed by atoms with E-state index in [4.69, 9.17) is 8.83 Å². The maximum absolute atomic E-state index is 6.14. The van der Waals surface area contributed by atoms with Crippen LogP contribution in [0.25, 0.3) is 42.5 Å². The molecule has 0 N–H and O–H groups in total. The molecule has 5 rings (SSSR count). The van der Waals surface area contributed by atoms with Crippen LogP contribution in [0, 0.1) is 0 Å². The lowest BCUT2D eigenvalue weighted by Crippen LogP contribution is -1.65. The molecule has 146 valence electrons. The summed E-state index contributed by atoms with van der Waals surface area (Å²) in [5, 5.41) is 0. The summed E-state index contributed by atoms with van der Waals surface area (Å²) >= 11 is 5.29. The SMILES string of the molecule is CCc1ccc(-c2ccc(-c3ccc(-c4ccc(-c5ccc(CC)s5)o4)s3)o2)s1. The maximum atomic E-state index is 6.14. The fraction of sp³-hybridized carbons (Fsp3) is 0.167. The molecular weight excluding hydrogens is 416 g/mol. The molecule has 0 fully saturated rings. The van der Waals surface area contributed by atoms with Crippen molar-refractivity contribution in [3.63, 3.8) is 0 Å². The lowest BCUT2D eigenvalue weighted by molar-refractivity contribution is 0.600. The Hall–Kier alpha value is -2.34. The van der Waals surface area contributed by atoms with Crippen LogP contribution in [0.1, 0.15) is 23.6 Å². The smallest absolute Gasteiger partial charge is 0.144 e. The third kappa shape index (κ3) is 3.66. The summed E-state index contributed by atoms with van der Waals surface area (Å²) in [6, 6.07) is 21.1. The highest BCUT2D eigenvalue weighted by Gasteiger charge is 2.14. The third-order valence-electron chi connectivity index (χ3n) is 4.81. The van der Waals surface area contributed by atoms with E-state index in [1.807, 2.05) is 0 Å². The maximum Gasteiger partial charge on any atom is 0.144 e. The van der Waals surface area contributed by atoms with E-state index in [0.717, 1.165) is 45.6 Å². The van der Waals surface area contributed by atoms with Gasteiger partial charge in [0.2, 0.25) is 0 Å². The fourth-order valence-electron chi connectivity index (χ4n) is 3.21. The normalized spacial score (nSPS) is 11.4. The molecule has 5 aromatic heterocycles. The first kappa shape index (κ1) is 18.7. The number of hydrogen-bond donors (Lipinski definition) is 0. The molecule has 0 aliphatic carbocycles. The summed E-state index contributed by atoms with van der Waals surface area (Å²) in [4.78, 5) is 7.34. The molecule has 0 spiro atoms. The van der Waals surface area contributed by atoms with Crippen LogP contribution in [0.5, 0.6) is 0 Å². The summed E-state index contributed by atoms with van der Waals surface area (Å²) in [5.41, 5.74) is 0. The Bertz CT molecular complexity index is 1150. The van der Waals surface area contributed by atoms with E-state index in [1.165, 1.54) is 19.5 Å². The van der Waals surface area contributed by atoms with Gasteiger partial charge in [-0.25, -0.2) is 0 Å². The number of rotatable bonds is 6. The predicted molar refractivity (Wildman–Crippen MR) is 125 cm³/mol. The van der Waals surface area contributed by atoms with Gasteiger partial charge in [-0.1, -0.05) is 13.8 Å². The molecule has 0 aromatic carbocycles. The second-order valence-corrected chi connectivity index (χ2v) is 10.2. The van der Waals surface area contributed by atoms with Crippen LogP contribution in [0.2, 0.25) is 0 Å². The fourth-order valence-corrected chi connectivity index (χ4v) is 5.96. The number of aryl methyl sites for hydroxylation is 2. The summed E-state index contributed by atoms with van der Waals surface area (Å²) in [5.74, 6) is 3.68. The first-order chi connectivity index (χ1) is 14.2. The first-order valence-corrected chi connectivity index (χ1v) is 12.2. The van der Waals surface area contributed by atoms with Crippen LogP contribution in [0.3, 0.4) is 0 Å². The number of furan rings is 2. The van der Waals surface area contributed by atoms with Gasteiger partial charge in [-0.05, 0) is 73.5 Å². The van der Waals surface area contributed by atoms with Gasteiger partial charge in [-0.15, -0.1) is 34.0 Å². The van der Waals surface area contributed by atoms with Crippen molar-refractivity contribution in [1.82, 2.24) is 0 Å². The Morgan fingerprint density at radius 1 is 0.483 bits per heavy atom. The molecule has 0 saturated heterocycles. The van der Waals surface area contributed by atoms with E-state index in [1.54, 1.807) is 34.0 Å². The van der Waals surface area contributed by atoms with E-state index in [2.05, 4.69) is 74.5 Å². The monoisotopic (exact) mass is 436 g/mol. The third-order valence-corrected chi connectivity index (χ3v) is 8.41. The molecule has 5 heterocycles. The zero-order chi connectivity index (χ0) is 19.8. The Kier molecular flexibility index (Phi) is 5.04. The van der Waals surface area contributed by atoms with Crippen LogP contribution < -0.4 is 0 Å². The van der Waals surface area contributed by atoms with Gasteiger partial charge in [-0.2, -0.15) is 0 Å². The van der Waals surface area contributed by atoms with Crippen molar-refractivity contribution in [1.29, 1.82) is 0 Å². The van der Waals surface area contributed by atoms with Crippen molar-refractivity contribution in [2.24, 2.45) is 0 Å². The Morgan fingerprint density at radius 3 is 1.17 bits per heavy atom.